The van der Waals surface area contributed by atoms with Gasteiger partial charge < -0.3 is 0 Å². The van der Waals surface area contributed by atoms with E-state index in [1.54, 1.807) is 12.1 Å². The summed E-state index contributed by atoms with van der Waals surface area (Å²) in [4.78, 5) is 0. The molecule has 0 N–H and O–H groups in total. The lowest BCUT2D eigenvalue weighted by Gasteiger charge is -2.08. The second-order valence-corrected chi connectivity index (χ2v) is 4.68. The predicted molar refractivity (Wildman–Crippen MR) is 73.5 cm³/mol. The number of allylic oxidation sites excluding steroid dienone is 2. The Morgan fingerprint density at radius 3 is 1.83 bits per heavy atom. The highest BCUT2D eigenvalue weighted by Gasteiger charge is 2.17. The van der Waals surface area contributed by atoms with Gasteiger partial charge in [-0.25, -0.2) is 4.39 Å². The molecular formula is C17H15F. The second kappa shape index (κ2) is 4.77. The minimum atomic E-state index is -0.168. The average Bonchev–Trinajstić information content (AvgIpc) is 2.90. The van der Waals surface area contributed by atoms with Crippen molar-refractivity contribution in [3.8, 4) is 0 Å². The Morgan fingerprint density at radius 1 is 0.667 bits per heavy atom. The highest BCUT2D eigenvalue weighted by Crippen LogP contribution is 2.39. The number of halogens is 1. The molecular weight excluding hydrogens is 223 g/mol. The molecule has 1 heteroatoms. The molecule has 0 saturated carbocycles. The molecule has 0 saturated heterocycles. The van der Waals surface area contributed by atoms with Gasteiger partial charge in [-0.1, -0.05) is 42.5 Å². The van der Waals surface area contributed by atoms with Crippen molar-refractivity contribution in [2.24, 2.45) is 0 Å². The van der Waals surface area contributed by atoms with Crippen molar-refractivity contribution in [3.05, 3.63) is 71.5 Å². The van der Waals surface area contributed by atoms with Crippen LogP contribution in [0.25, 0.3) is 11.1 Å². The summed E-state index contributed by atoms with van der Waals surface area (Å²) in [5.41, 5.74) is 5.26. The first-order valence-electron chi connectivity index (χ1n) is 6.38. The molecule has 3 rings (SSSR count). The van der Waals surface area contributed by atoms with E-state index in [1.807, 2.05) is 18.2 Å². The molecule has 0 atom stereocenters. The van der Waals surface area contributed by atoms with Crippen LogP contribution in [-0.2, 0) is 0 Å². The third-order valence-corrected chi connectivity index (χ3v) is 3.53. The van der Waals surface area contributed by atoms with Gasteiger partial charge in [-0.3, -0.25) is 0 Å². The quantitative estimate of drug-likeness (QED) is 0.696. The summed E-state index contributed by atoms with van der Waals surface area (Å²) in [7, 11) is 0. The molecule has 1 aliphatic carbocycles. The molecule has 1 aliphatic rings. The van der Waals surface area contributed by atoms with Crippen molar-refractivity contribution in [2.45, 2.75) is 19.3 Å². The lowest BCUT2D eigenvalue weighted by Crippen LogP contribution is -1.86. The van der Waals surface area contributed by atoms with Gasteiger partial charge in [0, 0.05) is 0 Å². The number of hydrogen-bond donors (Lipinski definition) is 0. The smallest absolute Gasteiger partial charge is 0.123 e. The first-order chi connectivity index (χ1) is 8.84. The van der Waals surface area contributed by atoms with Crippen molar-refractivity contribution in [1.82, 2.24) is 0 Å². The molecule has 0 amide bonds. The zero-order valence-corrected chi connectivity index (χ0v) is 10.2. The van der Waals surface area contributed by atoms with Gasteiger partial charge in [-0.2, -0.15) is 0 Å². The summed E-state index contributed by atoms with van der Waals surface area (Å²) < 4.78 is 13.0. The Kier molecular flexibility index (Phi) is 2.97. The monoisotopic (exact) mass is 238 g/mol. The Balaban J connectivity index is 2.06. The van der Waals surface area contributed by atoms with Gasteiger partial charge >= 0.3 is 0 Å². The highest BCUT2D eigenvalue weighted by atomic mass is 19.1. The molecule has 18 heavy (non-hydrogen) atoms. The highest BCUT2D eigenvalue weighted by molar-refractivity contribution is 5.92. The summed E-state index contributed by atoms with van der Waals surface area (Å²) in [6.07, 6.45) is 3.41. The van der Waals surface area contributed by atoms with Crippen LogP contribution in [0.4, 0.5) is 4.39 Å². The van der Waals surface area contributed by atoms with Crippen LogP contribution in [0.3, 0.4) is 0 Å². The SMILES string of the molecule is Fc1ccc(C2=C(c3ccccc3)CCC2)cc1. The van der Waals surface area contributed by atoms with Gasteiger partial charge in [0.1, 0.15) is 5.82 Å². The van der Waals surface area contributed by atoms with Crippen LogP contribution >= 0.6 is 0 Å². The number of hydrogen-bond acceptors (Lipinski definition) is 0. The van der Waals surface area contributed by atoms with E-state index in [2.05, 4.69) is 24.3 Å². The van der Waals surface area contributed by atoms with E-state index in [9.17, 15) is 4.39 Å². The van der Waals surface area contributed by atoms with Crippen LogP contribution in [0.2, 0.25) is 0 Å². The molecule has 0 heterocycles. The van der Waals surface area contributed by atoms with Crippen LogP contribution in [0, 0.1) is 5.82 Å². The second-order valence-electron chi connectivity index (χ2n) is 4.68. The summed E-state index contributed by atoms with van der Waals surface area (Å²) >= 11 is 0. The molecule has 0 bridgehead atoms. The molecule has 0 unspecified atom stereocenters. The number of rotatable bonds is 2. The van der Waals surface area contributed by atoms with E-state index in [0.717, 1.165) is 18.4 Å². The van der Waals surface area contributed by atoms with E-state index in [1.165, 1.54) is 23.1 Å². The average molecular weight is 238 g/mol. The van der Waals surface area contributed by atoms with Crippen LogP contribution in [-0.4, -0.2) is 0 Å². The zero-order chi connectivity index (χ0) is 12.4. The Morgan fingerprint density at radius 2 is 1.22 bits per heavy atom. The predicted octanol–water partition coefficient (Wildman–Crippen LogP) is 4.92. The van der Waals surface area contributed by atoms with Crippen LogP contribution in [0.1, 0.15) is 30.4 Å². The van der Waals surface area contributed by atoms with Gasteiger partial charge in [-0.15, -0.1) is 0 Å². The molecule has 2 aromatic carbocycles. The van der Waals surface area contributed by atoms with E-state index in [4.69, 9.17) is 0 Å². The van der Waals surface area contributed by atoms with Crippen LogP contribution in [0.15, 0.2) is 54.6 Å². The molecule has 0 radical (unpaired) electrons. The number of benzene rings is 2. The fourth-order valence-electron chi connectivity index (χ4n) is 2.67. The van der Waals surface area contributed by atoms with Crippen molar-refractivity contribution in [3.63, 3.8) is 0 Å². The summed E-state index contributed by atoms with van der Waals surface area (Å²) in [5, 5.41) is 0. The van der Waals surface area contributed by atoms with Gasteiger partial charge in [0.05, 0.1) is 0 Å². The summed E-state index contributed by atoms with van der Waals surface area (Å²) in [5.74, 6) is -0.168. The maximum Gasteiger partial charge on any atom is 0.123 e. The van der Waals surface area contributed by atoms with Crippen LogP contribution in [0.5, 0.6) is 0 Å². The topological polar surface area (TPSA) is 0 Å². The zero-order valence-electron chi connectivity index (χ0n) is 10.2. The summed E-state index contributed by atoms with van der Waals surface area (Å²) in [6, 6.07) is 17.4. The fourth-order valence-corrected chi connectivity index (χ4v) is 2.67. The molecule has 2 aromatic rings. The lowest BCUT2D eigenvalue weighted by atomic mass is 9.97. The molecule has 90 valence electrons. The minimum absolute atomic E-state index is 0.168. The molecule has 0 spiro atoms. The molecule has 0 fully saturated rings. The lowest BCUT2D eigenvalue weighted by molar-refractivity contribution is 0.627. The Labute approximate surface area is 107 Å². The Bertz CT molecular complexity index is 564. The molecule has 0 aromatic heterocycles. The first-order valence-corrected chi connectivity index (χ1v) is 6.38. The normalized spacial score (nSPS) is 15.2. The maximum absolute atomic E-state index is 13.0. The van der Waals surface area contributed by atoms with E-state index >= 15 is 0 Å². The molecule has 0 aliphatic heterocycles. The van der Waals surface area contributed by atoms with E-state index in [-0.39, 0.29) is 5.82 Å². The van der Waals surface area contributed by atoms with E-state index < -0.39 is 0 Å². The van der Waals surface area contributed by atoms with Crippen LogP contribution < -0.4 is 0 Å². The van der Waals surface area contributed by atoms with Crippen molar-refractivity contribution < 1.29 is 4.39 Å². The largest absolute Gasteiger partial charge is 0.207 e. The van der Waals surface area contributed by atoms with Gasteiger partial charge in [0.2, 0.25) is 0 Å². The maximum atomic E-state index is 13.0. The van der Waals surface area contributed by atoms with Gasteiger partial charge in [0.25, 0.3) is 0 Å². The first kappa shape index (κ1) is 11.2. The standard InChI is InChI=1S/C17H15F/c18-15-11-9-14(10-12-15)17-8-4-7-16(17)13-5-2-1-3-6-13/h1-3,5-6,9-12H,4,7-8H2. The van der Waals surface area contributed by atoms with Gasteiger partial charge in [0.15, 0.2) is 0 Å². The fraction of sp³-hybridized carbons (Fsp3) is 0.176. The minimum Gasteiger partial charge on any atom is -0.207 e. The third-order valence-electron chi connectivity index (χ3n) is 3.53. The molecule has 0 nitrogen and oxygen atoms in total. The summed E-state index contributed by atoms with van der Waals surface area (Å²) in [6.45, 7) is 0. The Hall–Kier alpha value is -1.89. The van der Waals surface area contributed by atoms with Gasteiger partial charge in [-0.05, 0) is 53.7 Å². The van der Waals surface area contributed by atoms with Crippen molar-refractivity contribution in [2.75, 3.05) is 0 Å². The van der Waals surface area contributed by atoms with Crippen molar-refractivity contribution in [1.29, 1.82) is 0 Å². The van der Waals surface area contributed by atoms with Crippen molar-refractivity contribution >= 4 is 11.1 Å². The third kappa shape index (κ3) is 2.08. The van der Waals surface area contributed by atoms with E-state index in [0.29, 0.717) is 0 Å².